The van der Waals surface area contributed by atoms with Crippen molar-refractivity contribution in [3.05, 3.63) is 85.5 Å². The molecule has 6 heteroatoms. The van der Waals surface area contributed by atoms with Crippen LogP contribution in [0.2, 0.25) is 5.02 Å². The van der Waals surface area contributed by atoms with Gasteiger partial charge in [0.15, 0.2) is 5.16 Å². The predicted octanol–water partition coefficient (Wildman–Crippen LogP) is 6.32. The molecule has 3 nitrogen and oxygen atoms in total. The Morgan fingerprint density at radius 3 is 2.64 bits per heavy atom. The van der Waals surface area contributed by atoms with E-state index in [1.54, 1.807) is 27.7 Å². The van der Waals surface area contributed by atoms with Crippen LogP contribution in [0, 0.1) is 20.8 Å². The number of thiophene rings is 1. The Morgan fingerprint density at radius 2 is 1.89 bits per heavy atom. The summed E-state index contributed by atoms with van der Waals surface area (Å²) in [5.74, 6) is 0.688. The Hall–Kier alpha value is -2.08. The van der Waals surface area contributed by atoms with Gasteiger partial charge in [-0.1, -0.05) is 47.6 Å². The van der Waals surface area contributed by atoms with Gasteiger partial charge in [-0.25, -0.2) is 4.98 Å². The highest BCUT2D eigenvalue weighted by Crippen LogP contribution is 2.31. The summed E-state index contributed by atoms with van der Waals surface area (Å²) in [7, 11) is 0. The summed E-state index contributed by atoms with van der Waals surface area (Å²) >= 11 is 9.25. The van der Waals surface area contributed by atoms with Gasteiger partial charge in [0.25, 0.3) is 5.56 Å². The van der Waals surface area contributed by atoms with E-state index < -0.39 is 0 Å². The van der Waals surface area contributed by atoms with E-state index in [1.807, 2.05) is 69.3 Å². The molecule has 0 atom stereocenters. The smallest absolute Gasteiger partial charge is 0.267 e. The first-order valence-electron chi connectivity index (χ1n) is 8.91. The molecule has 0 aliphatic heterocycles. The zero-order valence-corrected chi connectivity index (χ0v) is 18.2. The topological polar surface area (TPSA) is 34.9 Å². The van der Waals surface area contributed by atoms with Gasteiger partial charge in [0.2, 0.25) is 0 Å². The van der Waals surface area contributed by atoms with Crippen LogP contribution in [-0.4, -0.2) is 9.55 Å². The van der Waals surface area contributed by atoms with Crippen LogP contribution < -0.4 is 5.56 Å². The van der Waals surface area contributed by atoms with Gasteiger partial charge in [-0.2, -0.15) is 0 Å². The molecule has 142 valence electrons. The molecule has 0 saturated carbocycles. The number of halogens is 1. The lowest BCUT2D eigenvalue weighted by molar-refractivity contribution is 0.821. The first-order valence-corrected chi connectivity index (χ1v) is 11.1. The summed E-state index contributed by atoms with van der Waals surface area (Å²) in [6, 6.07) is 15.8. The predicted molar refractivity (Wildman–Crippen MR) is 120 cm³/mol. The quantitative estimate of drug-likeness (QED) is 0.283. The monoisotopic (exact) mass is 426 g/mol. The number of thioether (sulfide) groups is 1. The molecule has 4 rings (SSSR count). The Labute approximate surface area is 177 Å². The van der Waals surface area contributed by atoms with Crippen molar-refractivity contribution in [1.82, 2.24) is 9.55 Å². The van der Waals surface area contributed by atoms with E-state index in [9.17, 15) is 4.79 Å². The standard InChI is InChI=1S/C22H19ClN2OS2/c1-13-6-4-9-18(10-13)25-21(26)19-14(2)15(3)28-20(19)24-22(25)27-12-16-7-5-8-17(23)11-16/h4-11H,12H2,1-3H3. The molecule has 0 unspecified atom stereocenters. The maximum atomic E-state index is 13.5. The Bertz CT molecular complexity index is 1240. The molecule has 0 bridgehead atoms. The maximum Gasteiger partial charge on any atom is 0.267 e. The lowest BCUT2D eigenvalue weighted by Gasteiger charge is -2.13. The van der Waals surface area contributed by atoms with Crippen LogP contribution in [0.15, 0.2) is 58.5 Å². The fourth-order valence-electron chi connectivity index (χ4n) is 3.14. The minimum atomic E-state index is -0.00829. The maximum absolute atomic E-state index is 13.5. The van der Waals surface area contributed by atoms with Gasteiger partial charge in [0, 0.05) is 15.7 Å². The summed E-state index contributed by atoms with van der Waals surface area (Å²) in [4.78, 5) is 20.3. The molecule has 0 amide bonds. The van der Waals surface area contributed by atoms with Crippen molar-refractivity contribution in [3.63, 3.8) is 0 Å². The Morgan fingerprint density at radius 1 is 1.11 bits per heavy atom. The van der Waals surface area contributed by atoms with Crippen LogP contribution in [0.1, 0.15) is 21.6 Å². The third-order valence-corrected chi connectivity index (χ3v) is 7.03. The highest BCUT2D eigenvalue weighted by atomic mass is 35.5. The summed E-state index contributed by atoms with van der Waals surface area (Å²) in [5, 5.41) is 2.13. The number of benzene rings is 2. The molecule has 0 radical (unpaired) electrons. The van der Waals surface area contributed by atoms with Gasteiger partial charge in [0.05, 0.1) is 11.1 Å². The van der Waals surface area contributed by atoms with Gasteiger partial charge < -0.3 is 0 Å². The second-order valence-electron chi connectivity index (χ2n) is 6.76. The lowest BCUT2D eigenvalue weighted by Crippen LogP contribution is -2.21. The number of aromatic nitrogens is 2. The van der Waals surface area contributed by atoms with Crippen LogP contribution >= 0.6 is 34.7 Å². The SMILES string of the molecule is Cc1cccc(-n2c(SCc3cccc(Cl)c3)nc3sc(C)c(C)c3c2=O)c1. The normalized spacial score (nSPS) is 11.3. The van der Waals surface area contributed by atoms with Crippen molar-refractivity contribution in [2.24, 2.45) is 0 Å². The minimum Gasteiger partial charge on any atom is -0.268 e. The highest BCUT2D eigenvalue weighted by molar-refractivity contribution is 7.98. The number of aryl methyl sites for hydroxylation is 3. The van der Waals surface area contributed by atoms with Crippen LogP contribution in [-0.2, 0) is 5.75 Å². The van der Waals surface area contributed by atoms with Crippen molar-refractivity contribution in [3.8, 4) is 5.69 Å². The molecular formula is C22H19ClN2OS2. The van der Waals surface area contributed by atoms with Crippen LogP contribution in [0.4, 0.5) is 0 Å². The number of rotatable bonds is 4. The van der Waals surface area contributed by atoms with Crippen molar-refractivity contribution >= 4 is 44.9 Å². The average molecular weight is 427 g/mol. The van der Waals surface area contributed by atoms with E-state index in [0.717, 1.165) is 37.5 Å². The van der Waals surface area contributed by atoms with E-state index in [0.29, 0.717) is 15.9 Å². The van der Waals surface area contributed by atoms with Crippen LogP contribution in [0.3, 0.4) is 0 Å². The molecule has 2 aromatic heterocycles. The average Bonchev–Trinajstić information content (AvgIpc) is 2.94. The van der Waals surface area contributed by atoms with Crippen molar-refractivity contribution < 1.29 is 0 Å². The Kier molecular flexibility index (Phi) is 5.32. The largest absolute Gasteiger partial charge is 0.268 e. The van der Waals surface area contributed by atoms with E-state index in [2.05, 4.69) is 0 Å². The summed E-state index contributed by atoms with van der Waals surface area (Å²) in [6.07, 6.45) is 0. The lowest BCUT2D eigenvalue weighted by atomic mass is 10.2. The molecule has 28 heavy (non-hydrogen) atoms. The van der Waals surface area contributed by atoms with E-state index in [4.69, 9.17) is 16.6 Å². The number of hydrogen-bond donors (Lipinski definition) is 0. The zero-order chi connectivity index (χ0) is 19.8. The highest BCUT2D eigenvalue weighted by Gasteiger charge is 2.18. The zero-order valence-electron chi connectivity index (χ0n) is 15.8. The third-order valence-electron chi connectivity index (χ3n) is 4.69. The summed E-state index contributed by atoms with van der Waals surface area (Å²) in [6.45, 7) is 6.06. The van der Waals surface area contributed by atoms with Crippen molar-refractivity contribution in [1.29, 1.82) is 0 Å². The number of hydrogen-bond acceptors (Lipinski definition) is 4. The van der Waals surface area contributed by atoms with Crippen LogP contribution in [0.25, 0.3) is 15.9 Å². The van der Waals surface area contributed by atoms with E-state index in [-0.39, 0.29) is 5.56 Å². The molecule has 0 saturated heterocycles. The van der Waals surface area contributed by atoms with Gasteiger partial charge in [0.1, 0.15) is 4.83 Å². The number of fused-ring (bicyclic) bond motifs is 1. The fraction of sp³-hybridized carbons (Fsp3) is 0.182. The molecule has 0 aliphatic carbocycles. The van der Waals surface area contributed by atoms with Gasteiger partial charge in [-0.3, -0.25) is 9.36 Å². The second-order valence-corrected chi connectivity index (χ2v) is 9.34. The van der Waals surface area contributed by atoms with E-state index >= 15 is 0 Å². The van der Waals surface area contributed by atoms with Gasteiger partial charge in [-0.05, 0) is 61.7 Å². The molecule has 0 spiro atoms. The minimum absolute atomic E-state index is 0.00829. The number of nitrogens with zero attached hydrogens (tertiary/aromatic N) is 2. The van der Waals surface area contributed by atoms with Gasteiger partial charge in [-0.15, -0.1) is 11.3 Å². The molecule has 4 aromatic rings. The molecule has 0 aliphatic rings. The fourth-order valence-corrected chi connectivity index (χ4v) is 5.38. The van der Waals surface area contributed by atoms with Crippen molar-refractivity contribution in [2.75, 3.05) is 0 Å². The molecule has 0 N–H and O–H groups in total. The molecule has 2 heterocycles. The summed E-state index contributed by atoms with van der Waals surface area (Å²) < 4.78 is 1.74. The molecule has 2 aromatic carbocycles. The van der Waals surface area contributed by atoms with Crippen LogP contribution in [0.5, 0.6) is 0 Å². The first kappa shape index (κ1) is 19.2. The first-order chi connectivity index (χ1) is 13.4. The molecular weight excluding hydrogens is 408 g/mol. The second kappa shape index (κ2) is 7.74. The third kappa shape index (κ3) is 3.62. The van der Waals surface area contributed by atoms with Gasteiger partial charge >= 0.3 is 0 Å². The summed E-state index contributed by atoms with van der Waals surface area (Å²) in [5.41, 5.74) is 4.06. The molecule has 0 fully saturated rings. The van der Waals surface area contributed by atoms with E-state index in [1.165, 1.54) is 0 Å². The Balaban J connectivity index is 1.88. The van der Waals surface area contributed by atoms with Crippen molar-refractivity contribution in [2.45, 2.75) is 31.7 Å².